The Hall–Kier alpha value is -2.19. The maximum atomic E-state index is 13.3. The number of nitrogens with one attached hydrogen (secondary N) is 1. The zero-order valence-corrected chi connectivity index (χ0v) is 13.4. The summed E-state index contributed by atoms with van der Waals surface area (Å²) in [5, 5.41) is 6.49. The molecule has 1 aromatic heterocycles. The number of halogens is 3. The van der Waals surface area contributed by atoms with E-state index in [9.17, 15) is 13.6 Å². The fourth-order valence-electron chi connectivity index (χ4n) is 2.36. The quantitative estimate of drug-likeness (QED) is 0.849. The van der Waals surface area contributed by atoms with Gasteiger partial charge < -0.3 is 14.8 Å². The third-order valence-electron chi connectivity index (χ3n) is 3.57. The smallest absolute Gasteiger partial charge is 0.253 e. The minimum atomic E-state index is -1.14. The lowest BCUT2D eigenvalue weighted by atomic mass is 10.1. The molecule has 128 valence electrons. The molecule has 0 radical (unpaired) electrons. The molecule has 0 bridgehead atoms. The minimum Gasteiger partial charge on any atom is -0.482 e. The van der Waals surface area contributed by atoms with Gasteiger partial charge >= 0.3 is 0 Å². The van der Waals surface area contributed by atoms with E-state index in [0.29, 0.717) is 5.75 Å². The number of ether oxygens (including phenoxy) is 2. The molecule has 1 saturated heterocycles. The van der Waals surface area contributed by atoms with E-state index in [-0.39, 0.29) is 23.8 Å². The minimum absolute atomic E-state index is 0.150. The molecular weight excluding hydrogens is 344 g/mol. The van der Waals surface area contributed by atoms with Gasteiger partial charge in [0.2, 0.25) is 0 Å². The van der Waals surface area contributed by atoms with Gasteiger partial charge in [-0.25, -0.2) is 8.78 Å². The molecule has 2 aromatic rings. The van der Waals surface area contributed by atoms with Gasteiger partial charge in [0.05, 0.1) is 42.2 Å². The van der Waals surface area contributed by atoms with E-state index < -0.39 is 29.7 Å². The number of hydrogen-bond donors (Lipinski definition) is 1. The Bertz CT molecular complexity index is 768. The molecule has 2 atom stereocenters. The van der Waals surface area contributed by atoms with Gasteiger partial charge in [-0.1, -0.05) is 11.6 Å². The molecule has 9 heteroatoms. The van der Waals surface area contributed by atoms with E-state index in [1.165, 1.54) is 0 Å². The van der Waals surface area contributed by atoms with Crippen LogP contribution in [0.1, 0.15) is 10.4 Å². The van der Waals surface area contributed by atoms with E-state index >= 15 is 0 Å². The highest BCUT2D eigenvalue weighted by Gasteiger charge is 2.32. The molecule has 3 rings (SSSR count). The Morgan fingerprint density at radius 1 is 1.42 bits per heavy atom. The molecule has 0 unspecified atom stereocenters. The SMILES string of the molecule is Cn1cc(O[C@@H]2COC[C@@H]2NC(=O)c2cc(F)c(F)cc2Cl)cn1. The molecule has 6 nitrogen and oxygen atoms in total. The van der Waals surface area contributed by atoms with Gasteiger partial charge in [0, 0.05) is 7.05 Å². The first-order valence-electron chi connectivity index (χ1n) is 7.12. The summed E-state index contributed by atoms with van der Waals surface area (Å²) in [4.78, 5) is 12.3. The van der Waals surface area contributed by atoms with Gasteiger partial charge in [0.15, 0.2) is 17.4 Å². The van der Waals surface area contributed by atoms with Gasteiger partial charge in [-0.2, -0.15) is 5.10 Å². The number of rotatable bonds is 4. The van der Waals surface area contributed by atoms with Crippen LogP contribution in [0.15, 0.2) is 24.5 Å². The van der Waals surface area contributed by atoms with Crippen LogP contribution in [0.4, 0.5) is 8.78 Å². The number of aryl methyl sites for hydroxylation is 1. The normalized spacial score (nSPS) is 20.2. The van der Waals surface area contributed by atoms with Gasteiger partial charge in [-0.15, -0.1) is 0 Å². The molecule has 1 amide bonds. The van der Waals surface area contributed by atoms with Crippen LogP contribution in [0.3, 0.4) is 0 Å². The van der Waals surface area contributed by atoms with Crippen LogP contribution in [-0.2, 0) is 11.8 Å². The highest BCUT2D eigenvalue weighted by molar-refractivity contribution is 6.33. The van der Waals surface area contributed by atoms with Crippen molar-refractivity contribution in [1.82, 2.24) is 15.1 Å². The molecule has 24 heavy (non-hydrogen) atoms. The van der Waals surface area contributed by atoms with Gasteiger partial charge in [-0.3, -0.25) is 9.48 Å². The van der Waals surface area contributed by atoms with E-state index in [4.69, 9.17) is 21.1 Å². The fourth-order valence-corrected chi connectivity index (χ4v) is 2.60. The molecular formula is C15H14ClF2N3O3. The first kappa shape index (κ1) is 16.7. The molecule has 1 aromatic carbocycles. The molecule has 0 aliphatic carbocycles. The highest BCUT2D eigenvalue weighted by Crippen LogP contribution is 2.21. The van der Waals surface area contributed by atoms with Crippen LogP contribution in [0.25, 0.3) is 0 Å². The second kappa shape index (κ2) is 6.74. The summed E-state index contributed by atoms with van der Waals surface area (Å²) in [5.41, 5.74) is -0.150. The number of benzene rings is 1. The third-order valence-corrected chi connectivity index (χ3v) is 3.88. The van der Waals surface area contributed by atoms with E-state index in [0.717, 1.165) is 12.1 Å². The predicted octanol–water partition coefficient (Wildman–Crippen LogP) is 1.93. The van der Waals surface area contributed by atoms with Crippen molar-refractivity contribution in [2.75, 3.05) is 13.2 Å². The standard InChI is InChI=1S/C15H14ClF2N3O3/c1-21-5-8(4-19-21)24-14-7-23-6-13(14)20-15(22)9-2-11(17)12(18)3-10(9)16/h2-5,13-14H,6-7H2,1H3,(H,20,22)/t13-,14+/m0/s1. The molecule has 1 N–H and O–H groups in total. The Morgan fingerprint density at radius 2 is 2.17 bits per heavy atom. The largest absolute Gasteiger partial charge is 0.482 e. The maximum Gasteiger partial charge on any atom is 0.253 e. The lowest BCUT2D eigenvalue weighted by molar-refractivity contribution is 0.0903. The van der Waals surface area contributed by atoms with Crippen LogP contribution >= 0.6 is 11.6 Å². The van der Waals surface area contributed by atoms with Crippen molar-refractivity contribution in [3.63, 3.8) is 0 Å². The Balaban J connectivity index is 1.70. The van der Waals surface area contributed by atoms with Crippen molar-refractivity contribution in [3.8, 4) is 5.75 Å². The second-order valence-corrected chi connectivity index (χ2v) is 5.78. The first-order valence-corrected chi connectivity index (χ1v) is 7.50. The van der Waals surface area contributed by atoms with Crippen molar-refractivity contribution < 1.29 is 23.0 Å². The summed E-state index contributed by atoms with van der Waals surface area (Å²) in [7, 11) is 1.75. The van der Waals surface area contributed by atoms with Crippen molar-refractivity contribution in [1.29, 1.82) is 0 Å². The van der Waals surface area contributed by atoms with E-state index in [1.54, 1.807) is 24.1 Å². The average molecular weight is 358 g/mol. The van der Waals surface area contributed by atoms with Gasteiger partial charge in [0.1, 0.15) is 6.10 Å². The summed E-state index contributed by atoms with van der Waals surface area (Å²) in [6.45, 7) is 0.517. The Labute approximate surface area is 141 Å². The van der Waals surface area contributed by atoms with Crippen LogP contribution in [-0.4, -0.2) is 41.0 Å². The predicted molar refractivity (Wildman–Crippen MR) is 81.1 cm³/mol. The van der Waals surface area contributed by atoms with Crippen LogP contribution in [0.5, 0.6) is 5.75 Å². The summed E-state index contributed by atoms with van der Waals surface area (Å²) < 4.78 is 39.1. The topological polar surface area (TPSA) is 65.4 Å². The number of aromatic nitrogens is 2. The molecule has 0 spiro atoms. The monoisotopic (exact) mass is 357 g/mol. The average Bonchev–Trinajstić information content (AvgIpc) is 3.13. The van der Waals surface area contributed by atoms with Crippen LogP contribution in [0.2, 0.25) is 5.02 Å². The number of carbonyl (C=O) groups excluding carboxylic acids is 1. The van der Waals surface area contributed by atoms with Gasteiger partial charge in [-0.05, 0) is 12.1 Å². The van der Waals surface area contributed by atoms with Crippen molar-refractivity contribution in [2.24, 2.45) is 7.05 Å². The molecule has 1 aliphatic rings. The molecule has 2 heterocycles. The summed E-state index contributed by atoms with van der Waals surface area (Å²) in [6.07, 6.45) is 2.80. The van der Waals surface area contributed by atoms with Crippen LogP contribution in [0, 0.1) is 11.6 Å². The number of nitrogens with zero attached hydrogens (tertiary/aromatic N) is 2. The summed E-state index contributed by atoms with van der Waals surface area (Å²) in [6, 6.07) is 1.07. The third kappa shape index (κ3) is 3.49. The van der Waals surface area contributed by atoms with E-state index in [2.05, 4.69) is 10.4 Å². The first-order chi connectivity index (χ1) is 11.4. The van der Waals surface area contributed by atoms with Crippen molar-refractivity contribution >= 4 is 17.5 Å². The van der Waals surface area contributed by atoms with Crippen molar-refractivity contribution in [2.45, 2.75) is 12.1 Å². The Morgan fingerprint density at radius 3 is 2.88 bits per heavy atom. The number of carbonyl (C=O) groups is 1. The second-order valence-electron chi connectivity index (χ2n) is 5.37. The summed E-state index contributed by atoms with van der Waals surface area (Å²) >= 11 is 5.81. The lowest BCUT2D eigenvalue weighted by Gasteiger charge is -2.20. The number of amides is 1. The molecule has 1 fully saturated rings. The fraction of sp³-hybridized carbons (Fsp3) is 0.333. The number of hydrogen-bond acceptors (Lipinski definition) is 4. The van der Waals surface area contributed by atoms with E-state index in [1.807, 2.05) is 0 Å². The summed E-state index contributed by atoms with van der Waals surface area (Å²) in [5.74, 6) is -2.35. The highest BCUT2D eigenvalue weighted by atomic mass is 35.5. The molecule has 0 saturated carbocycles. The van der Waals surface area contributed by atoms with Crippen LogP contribution < -0.4 is 10.1 Å². The Kier molecular flexibility index (Phi) is 4.68. The van der Waals surface area contributed by atoms with Crippen molar-refractivity contribution in [3.05, 3.63) is 46.7 Å². The zero-order chi connectivity index (χ0) is 17.3. The molecule has 1 aliphatic heterocycles. The lowest BCUT2D eigenvalue weighted by Crippen LogP contribution is -2.45. The maximum absolute atomic E-state index is 13.3. The zero-order valence-electron chi connectivity index (χ0n) is 12.6. The van der Waals surface area contributed by atoms with Gasteiger partial charge in [0.25, 0.3) is 5.91 Å².